The minimum Gasteiger partial charge on any atom is -0.0656 e. The highest BCUT2D eigenvalue weighted by molar-refractivity contribution is 4.68. The highest BCUT2D eigenvalue weighted by Gasteiger charge is 2.18. The van der Waals surface area contributed by atoms with Gasteiger partial charge in [0.15, 0.2) is 0 Å². The van der Waals surface area contributed by atoms with Crippen LogP contribution in [0.1, 0.15) is 67.7 Å². The summed E-state index contributed by atoms with van der Waals surface area (Å²) in [6.07, 6.45) is 3.93. The van der Waals surface area contributed by atoms with Gasteiger partial charge in [-0.15, -0.1) is 0 Å². The van der Waals surface area contributed by atoms with Crippen LogP contribution in [0, 0.1) is 11.3 Å². The van der Waals surface area contributed by atoms with Crippen LogP contribution in [-0.4, -0.2) is 0 Å². The summed E-state index contributed by atoms with van der Waals surface area (Å²) in [5.74, 6) is 0.863. The van der Waals surface area contributed by atoms with Gasteiger partial charge in [-0.2, -0.15) is 0 Å². The van der Waals surface area contributed by atoms with Gasteiger partial charge in [-0.05, 0) is 11.3 Å². The minimum atomic E-state index is 0.510. The van der Waals surface area contributed by atoms with Crippen molar-refractivity contribution in [1.82, 2.24) is 0 Å². The summed E-state index contributed by atoms with van der Waals surface area (Å²) >= 11 is 0. The van der Waals surface area contributed by atoms with Crippen molar-refractivity contribution in [3.63, 3.8) is 0 Å². The summed E-state index contributed by atoms with van der Waals surface area (Å²) in [5.41, 5.74) is 0.510. The van der Waals surface area contributed by atoms with Crippen molar-refractivity contribution < 1.29 is 0 Å². The van der Waals surface area contributed by atoms with E-state index in [1.54, 1.807) is 0 Å². The molecule has 0 spiro atoms. The highest BCUT2D eigenvalue weighted by Crippen LogP contribution is 2.28. The van der Waals surface area contributed by atoms with Crippen LogP contribution in [0.5, 0.6) is 0 Å². The zero-order chi connectivity index (χ0) is 10.2. The van der Waals surface area contributed by atoms with Gasteiger partial charge >= 0.3 is 0 Å². The molecule has 0 aromatic rings. The standard InChI is InChI=1S/C9H20.C3H8/c1-6-7-8(2)9(3,4)5;1-3-2/h8H,6-7H2,1-5H3;3H2,1-2H3. The fourth-order valence-electron chi connectivity index (χ4n) is 0.866. The number of rotatable bonds is 2. The molecule has 0 aliphatic carbocycles. The number of hydrogen-bond donors (Lipinski definition) is 0. The Morgan fingerprint density at radius 2 is 1.33 bits per heavy atom. The Morgan fingerprint density at radius 1 is 1.00 bits per heavy atom. The fourth-order valence-corrected chi connectivity index (χ4v) is 0.866. The van der Waals surface area contributed by atoms with Gasteiger partial charge in [0.05, 0.1) is 0 Å². The topological polar surface area (TPSA) is 0 Å². The van der Waals surface area contributed by atoms with E-state index in [-0.39, 0.29) is 0 Å². The molecule has 0 rings (SSSR count). The molecule has 0 aromatic carbocycles. The smallest absolute Gasteiger partial charge is 0.0357 e. The predicted octanol–water partition coefficient (Wildman–Crippen LogP) is 4.89. The molecule has 1 unspecified atom stereocenters. The van der Waals surface area contributed by atoms with E-state index in [1.807, 2.05) is 0 Å². The fraction of sp³-hybridized carbons (Fsp3) is 1.00. The normalized spacial score (nSPS) is 13.2. The van der Waals surface area contributed by atoms with Crippen LogP contribution < -0.4 is 0 Å². The number of hydrogen-bond acceptors (Lipinski definition) is 0. The van der Waals surface area contributed by atoms with E-state index >= 15 is 0 Å². The average molecular weight is 172 g/mol. The van der Waals surface area contributed by atoms with Crippen LogP contribution in [0.15, 0.2) is 0 Å². The van der Waals surface area contributed by atoms with Crippen molar-refractivity contribution in [1.29, 1.82) is 0 Å². The summed E-state index contributed by atoms with van der Waals surface area (Å²) < 4.78 is 0. The first-order valence-corrected chi connectivity index (χ1v) is 5.40. The van der Waals surface area contributed by atoms with Gasteiger partial charge in [-0.1, -0.05) is 67.7 Å². The molecule has 0 bridgehead atoms. The molecule has 0 aliphatic rings. The van der Waals surface area contributed by atoms with Crippen molar-refractivity contribution in [2.24, 2.45) is 11.3 Å². The molecule has 0 heterocycles. The van der Waals surface area contributed by atoms with E-state index in [2.05, 4.69) is 48.5 Å². The Labute approximate surface area is 79.8 Å². The first kappa shape index (κ1) is 14.5. The minimum absolute atomic E-state index is 0.510. The van der Waals surface area contributed by atoms with Gasteiger partial charge in [0.25, 0.3) is 0 Å². The van der Waals surface area contributed by atoms with E-state index in [9.17, 15) is 0 Å². The van der Waals surface area contributed by atoms with E-state index in [4.69, 9.17) is 0 Å². The molecule has 0 heteroatoms. The van der Waals surface area contributed by atoms with Crippen LogP contribution >= 0.6 is 0 Å². The van der Waals surface area contributed by atoms with E-state index < -0.39 is 0 Å². The van der Waals surface area contributed by atoms with Crippen molar-refractivity contribution in [2.45, 2.75) is 67.7 Å². The van der Waals surface area contributed by atoms with E-state index in [0.717, 1.165) is 5.92 Å². The van der Waals surface area contributed by atoms with Crippen molar-refractivity contribution in [3.05, 3.63) is 0 Å². The lowest BCUT2D eigenvalue weighted by molar-refractivity contribution is 0.245. The van der Waals surface area contributed by atoms with Crippen molar-refractivity contribution in [3.8, 4) is 0 Å². The second-order valence-corrected chi connectivity index (χ2v) is 4.76. The third-order valence-electron chi connectivity index (χ3n) is 2.20. The summed E-state index contributed by atoms with van der Waals surface area (Å²) in [5, 5.41) is 0. The summed E-state index contributed by atoms with van der Waals surface area (Å²) in [6.45, 7) is 15.8. The summed E-state index contributed by atoms with van der Waals surface area (Å²) in [6, 6.07) is 0. The molecule has 0 aliphatic heterocycles. The largest absolute Gasteiger partial charge is 0.0656 e. The summed E-state index contributed by atoms with van der Waals surface area (Å²) in [7, 11) is 0. The summed E-state index contributed by atoms with van der Waals surface area (Å²) in [4.78, 5) is 0. The second kappa shape index (κ2) is 7.64. The Morgan fingerprint density at radius 3 is 1.42 bits per heavy atom. The molecule has 0 saturated heterocycles. The highest BCUT2D eigenvalue weighted by atomic mass is 14.2. The van der Waals surface area contributed by atoms with Crippen LogP contribution in [-0.2, 0) is 0 Å². The average Bonchev–Trinajstić information content (AvgIpc) is 1.88. The zero-order valence-corrected chi connectivity index (χ0v) is 10.2. The lowest BCUT2D eigenvalue weighted by atomic mass is 9.80. The molecule has 0 nitrogen and oxygen atoms in total. The molecule has 0 radical (unpaired) electrons. The van der Waals surface area contributed by atoms with Crippen LogP contribution in [0.25, 0.3) is 0 Å². The first-order valence-electron chi connectivity index (χ1n) is 5.40. The van der Waals surface area contributed by atoms with Crippen LogP contribution in [0.3, 0.4) is 0 Å². The Kier molecular flexibility index (Phi) is 9.24. The van der Waals surface area contributed by atoms with Gasteiger partial charge in [0.1, 0.15) is 0 Å². The van der Waals surface area contributed by atoms with Crippen molar-refractivity contribution in [2.75, 3.05) is 0 Å². The van der Waals surface area contributed by atoms with Gasteiger partial charge in [-0.25, -0.2) is 0 Å². The molecule has 0 N–H and O–H groups in total. The molecule has 0 saturated carbocycles. The lowest BCUT2D eigenvalue weighted by Crippen LogP contribution is -2.16. The van der Waals surface area contributed by atoms with Gasteiger partial charge in [0.2, 0.25) is 0 Å². The lowest BCUT2D eigenvalue weighted by Gasteiger charge is -2.26. The predicted molar refractivity (Wildman–Crippen MR) is 59.5 cm³/mol. The quantitative estimate of drug-likeness (QED) is 0.556. The van der Waals surface area contributed by atoms with Crippen LogP contribution in [0.4, 0.5) is 0 Å². The monoisotopic (exact) mass is 172 g/mol. The molecular formula is C12H28. The van der Waals surface area contributed by atoms with Crippen molar-refractivity contribution >= 4 is 0 Å². The van der Waals surface area contributed by atoms with Crippen LogP contribution in [0.2, 0.25) is 0 Å². The Balaban J connectivity index is 0. The van der Waals surface area contributed by atoms with E-state index in [1.165, 1.54) is 19.3 Å². The van der Waals surface area contributed by atoms with Gasteiger partial charge < -0.3 is 0 Å². The second-order valence-electron chi connectivity index (χ2n) is 4.76. The molecule has 12 heavy (non-hydrogen) atoms. The first-order chi connectivity index (χ1) is 5.40. The molecule has 1 atom stereocenters. The molecule has 0 fully saturated rings. The maximum atomic E-state index is 2.34. The zero-order valence-electron chi connectivity index (χ0n) is 10.2. The maximum absolute atomic E-state index is 2.34. The van der Waals surface area contributed by atoms with Gasteiger partial charge in [0, 0.05) is 0 Å². The van der Waals surface area contributed by atoms with Gasteiger partial charge in [-0.3, -0.25) is 0 Å². The molecular weight excluding hydrogens is 144 g/mol. The molecule has 0 amide bonds. The maximum Gasteiger partial charge on any atom is -0.0357 e. The molecule has 0 aromatic heterocycles. The Bertz CT molecular complexity index is 76.5. The third kappa shape index (κ3) is 10.0. The SMILES string of the molecule is CCC.CCCC(C)C(C)(C)C. The third-order valence-corrected chi connectivity index (χ3v) is 2.20. The Hall–Kier alpha value is 0. The van der Waals surface area contributed by atoms with E-state index in [0.29, 0.717) is 5.41 Å². The molecule has 76 valence electrons.